The molecule has 15 heavy (non-hydrogen) atoms. The number of carboxylic acid groups (broad SMARTS) is 1. The lowest BCUT2D eigenvalue weighted by molar-refractivity contribution is -0.166. The quantitative estimate of drug-likeness (QED) is 0.796. The zero-order valence-corrected chi connectivity index (χ0v) is 8.21. The van der Waals surface area contributed by atoms with Crippen molar-refractivity contribution in [1.29, 1.82) is 0 Å². The summed E-state index contributed by atoms with van der Waals surface area (Å²) in [5, 5.41) is 17.7. The van der Waals surface area contributed by atoms with Crippen LogP contribution in [0.25, 0.3) is 0 Å². The van der Waals surface area contributed by atoms with Crippen molar-refractivity contribution in [3.63, 3.8) is 0 Å². The fraction of sp³-hybridized carbons (Fsp3) is 0.300. The number of aryl methyl sites for hydroxylation is 2. The van der Waals surface area contributed by atoms with Gasteiger partial charge in [-0.05, 0) is 37.1 Å². The predicted octanol–water partition coefficient (Wildman–Crippen LogP) is 2.19. The van der Waals surface area contributed by atoms with Gasteiger partial charge in [0.2, 0.25) is 0 Å². The van der Waals surface area contributed by atoms with Crippen LogP contribution >= 0.6 is 0 Å². The van der Waals surface area contributed by atoms with Crippen LogP contribution in [0.2, 0.25) is 0 Å². The van der Waals surface area contributed by atoms with Crippen molar-refractivity contribution in [2.45, 2.75) is 19.8 Å². The Morgan fingerprint density at radius 1 is 1.27 bits per heavy atom. The van der Waals surface area contributed by atoms with E-state index in [0.29, 0.717) is 0 Å². The van der Waals surface area contributed by atoms with Crippen molar-refractivity contribution in [2.75, 3.05) is 0 Å². The van der Waals surface area contributed by atoms with E-state index in [1.807, 2.05) is 0 Å². The van der Waals surface area contributed by atoms with E-state index in [1.54, 1.807) is 0 Å². The van der Waals surface area contributed by atoms with Gasteiger partial charge in [-0.1, -0.05) is 0 Å². The molecule has 0 atom stereocenters. The Balaban J connectivity index is 3.34. The van der Waals surface area contributed by atoms with E-state index in [4.69, 9.17) is 5.11 Å². The van der Waals surface area contributed by atoms with Crippen LogP contribution in [-0.2, 0) is 10.7 Å². The molecule has 0 aliphatic rings. The molecule has 2 N–H and O–H groups in total. The van der Waals surface area contributed by atoms with Crippen LogP contribution in [0.1, 0.15) is 16.7 Å². The number of aromatic hydroxyl groups is 1. The Labute approximate surface area is 85.0 Å². The second-order valence-electron chi connectivity index (χ2n) is 3.34. The number of phenols is 1. The van der Waals surface area contributed by atoms with E-state index in [-0.39, 0.29) is 16.9 Å². The molecule has 0 saturated carbocycles. The Kier molecular flexibility index (Phi) is 2.66. The molecule has 0 amide bonds. The Hall–Kier alpha value is -1.65. The van der Waals surface area contributed by atoms with Gasteiger partial charge in [0.15, 0.2) is 0 Å². The zero-order valence-electron chi connectivity index (χ0n) is 8.21. The third-order valence-electron chi connectivity index (χ3n) is 2.12. The zero-order chi connectivity index (χ0) is 11.8. The molecular formula is C10H10F2O3. The van der Waals surface area contributed by atoms with Gasteiger partial charge in [0.05, 0.1) is 0 Å². The highest BCUT2D eigenvalue weighted by Gasteiger charge is 2.41. The number of hydrogen-bond donors (Lipinski definition) is 2. The number of alkyl halides is 2. The Bertz CT molecular complexity index is 390. The SMILES string of the molecule is Cc1cc(C(F)(F)C(=O)O)cc(C)c1O. The molecule has 1 aromatic rings. The van der Waals surface area contributed by atoms with Gasteiger partial charge in [-0.25, -0.2) is 4.79 Å². The van der Waals surface area contributed by atoms with E-state index >= 15 is 0 Å². The summed E-state index contributed by atoms with van der Waals surface area (Å²) in [6.07, 6.45) is 0. The van der Waals surface area contributed by atoms with Gasteiger partial charge < -0.3 is 10.2 Å². The minimum atomic E-state index is -3.93. The minimum absolute atomic E-state index is 0.0973. The average Bonchev–Trinajstić information content (AvgIpc) is 2.13. The normalized spacial score (nSPS) is 11.5. The maximum atomic E-state index is 13.1. The van der Waals surface area contributed by atoms with Crippen LogP contribution in [0.4, 0.5) is 8.78 Å². The first-order valence-electron chi connectivity index (χ1n) is 4.18. The van der Waals surface area contributed by atoms with Crippen molar-refractivity contribution < 1.29 is 23.8 Å². The monoisotopic (exact) mass is 216 g/mol. The number of aliphatic carboxylic acids is 1. The van der Waals surface area contributed by atoms with Gasteiger partial charge in [-0.2, -0.15) is 8.78 Å². The molecule has 0 aliphatic carbocycles. The summed E-state index contributed by atoms with van der Waals surface area (Å²) in [5.74, 6) is -6.23. The third kappa shape index (κ3) is 1.91. The van der Waals surface area contributed by atoms with Gasteiger partial charge in [0.25, 0.3) is 0 Å². The molecule has 0 spiro atoms. The minimum Gasteiger partial charge on any atom is -0.507 e. The molecular weight excluding hydrogens is 206 g/mol. The van der Waals surface area contributed by atoms with E-state index in [9.17, 15) is 18.7 Å². The van der Waals surface area contributed by atoms with Crippen molar-refractivity contribution in [3.8, 4) is 5.75 Å². The fourth-order valence-electron chi connectivity index (χ4n) is 1.26. The Morgan fingerprint density at radius 2 is 1.67 bits per heavy atom. The molecule has 0 aliphatic heterocycles. The van der Waals surface area contributed by atoms with Crippen molar-refractivity contribution in [2.24, 2.45) is 0 Å². The topological polar surface area (TPSA) is 57.5 Å². The molecule has 0 aromatic heterocycles. The summed E-state index contributed by atoms with van der Waals surface area (Å²) < 4.78 is 26.2. The average molecular weight is 216 g/mol. The molecule has 1 rings (SSSR count). The van der Waals surface area contributed by atoms with Crippen LogP contribution in [0, 0.1) is 13.8 Å². The molecule has 3 nitrogen and oxygen atoms in total. The molecule has 0 fully saturated rings. The summed E-state index contributed by atoms with van der Waals surface area (Å²) >= 11 is 0. The van der Waals surface area contributed by atoms with E-state index in [0.717, 1.165) is 12.1 Å². The maximum Gasteiger partial charge on any atom is 0.379 e. The van der Waals surface area contributed by atoms with Crippen LogP contribution in [-0.4, -0.2) is 16.2 Å². The maximum absolute atomic E-state index is 13.1. The molecule has 0 saturated heterocycles. The van der Waals surface area contributed by atoms with E-state index in [1.165, 1.54) is 13.8 Å². The number of carbonyl (C=O) groups is 1. The Morgan fingerprint density at radius 3 is 2.00 bits per heavy atom. The molecule has 0 heterocycles. The first kappa shape index (κ1) is 11.4. The predicted molar refractivity (Wildman–Crippen MR) is 49.1 cm³/mol. The van der Waals surface area contributed by atoms with Gasteiger partial charge >= 0.3 is 11.9 Å². The highest BCUT2D eigenvalue weighted by molar-refractivity contribution is 5.77. The first-order valence-corrected chi connectivity index (χ1v) is 4.18. The largest absolute Gasteiger partial charge is 0.507 e. The lowest BCUT2D eigenvalue weighted by atomic mass is 10.0. The van der Waals surface area contributed by atoms with Crippen molar-refractivity contribution in [1.82, 2.24) is 0 Å². The highest BCUT2D eigenvalue weighted by atomic mass is 19.3. The number of hydrogen-bond acceptors (Lipinski definition) is 2. The molecule has 0 bridgehead atoms. The lowest BCUT2D eigenvalue weighted by Gasteiger charge is -2.14. The summed E-state index contributed by atoms with van der Waals surface area (Å²) in [4.78, 5) is 10.3. The molecule has 1 aromatic carbocycles. The highest BCUT2D eigenvalue weighted by Crippen LogP contribution is 2.33. The van der Waals surface area contributed by atoms with Gasteiger partial charge in [0.1, 0.15) is 5.75 Å². The van der Waals surface area contributed by atoms with E-state index in [2.05, 4.69) is 0 Å². The number of benzene rings is 1. The second kappa shape index (κ2) is 3.49. The second-order valence-corrected chi connectivity index (χ2v) is 3.34. The third-order valence-corrected chi connectivity index (χ3v) is 2.12. The lowest BCUT2D eigenvalue weighted by Crippen LogP contribution is -2.25. The van der Waals surface area contributed by atoms with Gasteiger partial charge in [0, 0.05) is 5.56 Å². The van der Waals surface area contributed by atoms with Crippen molar-refractivity contribution in [3.05, 3.63) is 28.8 Å². The van der Waals surface area contributed by atoms with Crippen LogP contribution < -0.4 is 0 Å². The molecule has 0 unspecified atom stereocenters. The van der Waals surface area contributed by atoms with Gasteiger partial charge in [-0.15, -0.1) is 0 Å². The number of halogens is 2. The van der Waals surface area contributed by atoms with E-state index < -0.39 is 17.5 Å². The molecule has 82 valence electrons. The standard InChI is InChI=1S/C10H10F2O3/c1-5-3-7(4-6(2)8(5)13)10(11,12)9(14)15/h3-4,13H,1-2H3,(H,14,15). The van der Waals surface area contributed by atoms with Gasteiger partial charge in [-0.3, -0.25) is 0 Å². The first-order chi connectivity index (χ1) is 6.76. The fourth-order valence-corrected chi connectivity index (χ4v) is 1.26. The number of carboxylic acids is 1. The summed E-state index contributed by atoms with van der Waals surface area (Å²) in [5.41, 5.74) is -0.167. The van der Waals surface area contributed by atoms with Crippen LogP contribution in [0.3, 0.4) is 0 Å². The molecule has 0 radical (unpaired) electrons. The summed E-state index contributed by atoms with van der Waals surface area (Å²) in [7, 11) is 0. The smallest absolute Gasteiger partial charge is 0.379 e. The number of phenolic OH excluding ortho intramolecular Hbond substituents is 1. The summed E-state index contributed by atoms with van der Waals surface area (Å²) in [6.45, 7) is 2.87. The molecule has 5 heteroatoms. The van der Waals surface area contributed by atoms with Crippen LogP contribution in [0.5, 0.6) is 5.75 Å². The van der Waals surface area contributed by atoms with Crippen molar-refractivity contribution >= 4 is 5.97 Å². The summed E-state index contributed by atoms with van der Waals surface area (Å²) in [6, 6.07) is 1.94. The van der Waals surface area contributed by atoms with Crippen LogP contribution in [0.15, 0.2) is 12.1 Å². The number of rotatable bonds is 2.